The third-order valence-corrected chi connectivity index (χ3v) is 3.87. The lowest BCUT2D eigenvalue weighted by Gasteiger charge is -2.28. The van der Waals surface area contributed by atoms with Crippen LogP contribution in [0.15, 0.2) is 24.3 Å². The van der Waals surface area contributed by atoms with Gasteiger partial charge in [0.15, 0.2) is 0 Å². The van der Waals surface area contributed by atoms with Crippen LogP contribution >= 0.6 is 12.4 Å². The first-order chi connectivity index (χ1) is 10.6. The Hall–Kier alpha value is -1.86. The SMILES string of the molecule is Cl.O=C(O)OC(CCN1CCCCC1)c1ccc([N+](=O)[O-])cc1. The van der Waals surface area contributed by atoms with Gasteiger partial charge in [0.25, 0.3) is 5.69 Å². The first-order valence-corrected chi connectivity index (χ1v) is 7.42. The van der Waals surface area contributed by atoms with Gasteiger partial charge in [0.1, 0.15) is 6.10 Å². The standard InChI is InChI=1S/C15H20N2O5.ClH/c18-15(19)22-14(8-11-16-9-2-1-3-10-16)12-4-6-13(7-5-12)17(20)21;/h4-7,14H,1-3,8-11H2,(H,18,19);1H. The highest BCUT2D eigenvalue weighted by Gasteiger charge is 2.19. The number of carbonyl (C=O) groups is 1. The third-order valence-electron chi connectivity index (χ3n) is 3.87. The van der Waals surface area contributed by atoms with E-state index >= 15 is 0 Å². The molecule has 1 aliphatic rings. The van der Waals surface area contributed by atoms with E-state index < -0.39 is 17.2 Å². The largest absolute Gasteiger partial charge is 0.506 e. The summed E-state index contributed by atoms with van der Waals surface area (Å²) in [5, 5.41) is 19.5. The monoisotopic (exact) mass is 344 g/mol. The summed E-state index contributed by atoms with van der Waals surface area (Å²) in [6.07, 6.45) is 2.20. The number of nitro groups is 1. The van der Waals surface area contributed by atoms with Gasteiger partial charge in [-0.2, -0.15) is 0 Å². The van der Waals surface area contributed by atoms with Gasteiger partial charge >= 0.3 is 6.16 Å². The van der Waals surface area contributed by atoms with Crippen LogP contribution in [0.1, 0.15) is 37.4 Å². The van der Waals surface area contributed by atoms with Gasteiger partial charge < -0.3 is 14.7 Å². The number of rotatable bonds is 6. The second-order valence-electron chi connectivity index (χ2n) is 5.41. The van der Waals surface area contributed by atoms with Crippen LogP contribution in [0.25, 0.3) is 0 Å². The van der Waals surface area contributed by atoms with Crippen molar-refractivity contribution in [1.82, 2.24) is 4.90 Å². The predicted molar refractivity (Wildman–Crippen MR) is 87.1 cm³/mol. The summed E-state index contributed by atoms with van der Waals surface area (Å²) in [6.45, 7) is 2.81. The molecule has 1 saturated heterocycles. The van der Waals surface area contributed by atoms with Crippen molar-refractivity contribution in [3.05, 3.63) is 39.9 Å². The Balaban J connectivity index is 0.00000264. The highest BCUT2D eigenvalue weighted by Crippen LogP contribution is 2.25. The van der Waals surface area contributed by atoms with Crippen molar-refractivity contribution in [3.63, 3.8) is 0 Å². The minimum absolute atomic E-state index is 0. The van der Waals surface area contributed by atoms with Gasteiger partial charge in [-0.15, -0.1) is 12.4 Å². The average molecular weight is 345 g/mol. The van der Waals surface area contributed by atoms with Gasteiger partial charge in [0.2, 0.25) is 0 Å². The van der Waals surface area contributed by atoms with Crippen LogP contribution in [0.5, 0.6) is 0 Å². The van der Waals surface area contributed by atoms with Crippen molar-refractivity contribution in [3.8, 4) is 0 Å². The van der Waals surface area contributed by atoms with Crippen LogP contribution in [0.4, 0.5) is 10.5 Å². The van der Waals surface area contributed by atoms with Crippen molar-refractivity contribution in [2.75, 3.05) is 19.6 Å². The number of nitrogens with zero attached hydrogens (tertiary/aromatic N) is 2. The number of hydrogen-bond donors (Lipinski definition) is 1. The molecule has 0 amide bonds. The predicted octanol–water partition coefficient (Wildman–Crippen LogP) is 3.63. The lowest BCUT2D eigenvalue weighted by Crippen LogP contribution is -2.31. The molecule has 23 heavy (non-hydrogen) atoms. The second-order valence-corrected chi connectivity index (χ2v) is 5.41. The van der Waals surface area contributed by atoms with Gasteiger partial charge in [0, 0.05) is 25.1 Å². The number of likely N-dealkylation sites (tertiary alicyclic amines) is 1. The molecule has 0 bridgehead atoms. The molecule has 1 aromatic rings. The molecule has 1 aromatic carbocycles. The molecular formula is C15H21ClN2O5. The molecule has 7 nitrogen and oxygen atoms in total. The van der Waals surface area contributed by atoms with Crippen molar-refractivity contribution in [1.29, 1.82) is 0 Å². The number of hydrogen-bond acceptors (Lipinski definition) is 5. The Kier molecular flexibility index (Phi) is 7.77. The van der Waals surface area contributed by atoms with Crippen molar-refractivity contribution in [2.45, 2.75) is 31.8 Å². The maximum absolute atomic E-state index is 10.9. The Morgan fingerprint density at radius 2 is 1.87 bits per heavy atom. The molecule has 0 aliphatic carbocycles. The fourth-order valence-electron chi connectivity index (χ4n) is 2.71. The molecule has 128 valence electrons. The highest BCUT2D eigenvalue weighted by atomic mass is 35.5. The number of nitro benzene ring substituents is 1. The molecule has 0 radical (unpaired) electrons. The molecule has 1 aliphatic heterocycles. The zero-order valence-electron chi connectivity index (χ0n) is 12.7. The molecule has 8 heteroatoms. The van der Waals surface area contributed by atoms with Crippen LogP contribution in [0, 0.1) is 10.1 Å². The second kappa shape index (κ2) is 9.32. The molecule has 1 atom stereocenters. The third kappa shape index (κ3) is 6.03. The van der Waals surface area contributed by atoms with E-state index in [2.05, 4.69) is 4.90 Å². The minimum Gasteiger partial charge on any atom is -0.450 e. The maximum Gasteiger partial charge on any atom is 0.506 e. The van der Waals surface area contributed by atoms with E-state index in [9.17, 15) is 14.9 Å². The number of piperidine rings is 1. The van der Waals surface area contributed by atoms with Crippen LogP contribution in [0.3, 0.4) is 0 Å². The number of benzene rings is 1. The van der Waals surface area contributed by atoms with Crippen LogP contribution in [-0.2, 0) is 4.74 Å². The quantitative estimate of drug-likeness (QED) is 0.481. The summed E-state index contributed by atoms with van der Waals surface area (Å²) in [5.41, 5.74) is 0.624. The van der Waals surface area contributed by atoms with Crippen LogP contribution in [0.2, 0.25) is 0 Å². The van der Waals surface area contributed by atoms with Crippen LogP contribution < -0.4 is 0 Å². The van der Waals surface area contributed by atoms with E-state index in [1.54, 1.807) is 12.1 Å². The summed E-state index contributed by atoms with van der Waals surface area (Å²) < 4.78 is 4.95. The molecule has 1 N–H and O–H groups in total. The lowest BCUT2D eigenvalue weighted by molar-refractivity contribution is -0.384. The molecule has 0 aromatic heterocycles. The minimum atomic E-state index is -1.33. The first-order valence-electron chi connectivity index (χ1n) is 7.42. The molecule has 2 rings (SSSR count). The Labute approximate surface area is 140 Å². The Morgan fingerprint density at radius 1 is 1.26 bits per heavy atom. The topological polar surface area (TPSA) is 92.9 Å². The van der Waals surface area contributed by atoms with Crippen molar-refractivity contribution < 1.29 is 19.6 Å². The van der Waals surface area contributed by atoms with Crippen molar-refractivity contribution >= 4 is 24.2 Å². The summed E-state index contributed by atoms with van der Waals surface area (Å²) in [6, 6.07) is 5.85. The fourth-order valence-corrected chi connectivity index (χ4v) is 2.71. The lowest BCUT2D eigenvalue weighted by atomic mass is 10.0. The van der Waals surface area contributed by atoms with Gasteiger partial charge in [0.05, 0.1) is 4.92 Å². The first kappa shape index (κ1) is 19.2. The zero-order chi connectivity index (χ0) is 15.9. The summed E-state index contributed by atoms with van der Waals surface area (Å²) >= 11 is 0. The number of non-ortho nitro benzene ring substituents is 1. The van der Waals surface area contributed by atoms with E-state index in [0.717, 1.165) is 19.6 Å². The summed E-state index contributed by atoms with van der Waals surface area (Å²) in [5.74, 6) is 0. The highest BCUT2D eigenvalue weighted by molar-refractivity contribution is 5.85. The van der Waals surface area contributed by atoms with Crippen molar-refractivity contribution in [2.24, 2.45) is 0 Å². The van der Waals surface area contributed by atoms with E-state index in [0.29, 0.717) is 12.0 Å². The van der Waals surface area contributed by atoms with Gasteiger partial charge in [-0.1, -0.05) is 6.42 Å². The van der Waals surface area contributed by atoms with Gasteiger partial charge in [-0.05, 0) is 43.6 Å². The number of halogens is 1. The summed E-state index contributed by atoms with van der Waals surface area (Å²) in [4.78, 5) is 23.3. The van der Waals surface area contributed by atoms with E-state index in [1.165, 1.54) is 31.4 Å². The molecule has 1 unspecified atom stereocenters. The Bertz CT molecular complexity index is 517. The van der Waals surface area contributed by atoms with Gasteiger partial charge in [-0.25, -0.2) is 4.79 Å². The van der Waals surface area contributed by atoms with E-state index in [-0.39, 0.29) is 18.1 Å². The molecular weight excluding hydrogens is 324 g/mol. The summed E-state index contributed by atoms with van der Waals surface area (Å²) in [7, 11) is 0. The molecule has 1 heterocycles. The van der Waals surface area contributed by atoms with Crippen LogP contribution in [-0.4, -0.2) is 40.7 Å². The zero-order valence-corrected chi connectivity index (χ0v) is 13.5. The van der Waals surface area contributed by atoms with E-state index in [1.807, 2.05) is 0 Å². The van der Waals surface area contributed by atoms with E-state index in [4.69, 9.17) is 9.84 Å². The maximum atomic E-state index is 10.9. The van der Waals surface area contributed by atoms with Gasteiger partial charge in [-0.3, -0.25) is 10.1 Å². The smallest absolute Gasteiger partial charge is 0.450 e. The molecule has 1 fully saturated rings. The fraction of sp³-hybridized carbons (Fsp3) is 0.533. The number of ether oxygens (including phenoxy) is 1. The molecule has 0 spiro atoms. The molecule has 0 saturated carbocycles. The normalized spacial score (nSPS) is 16.2. The average Bonchev–Trinajstić information content (AvgIpc) is 2.52. The Morgan fingerprint density at radius 3 is 2.39 bits per heavy atom. The number of carboxylic acid groups (broad SMARTS) is 1.